The van der Waals surface area contributed by atoms with Crippen LogP contribution < -0.4 is 19.6 Å². The third-order valence-electron chi connectivity index (χ3n) is 5.89. The number of nitrogens with zero attached hydrogens (tertiary/aromatic N) is 3. The highest BCUT2D eigenvalue weighted by molar-refractivity contribution is 5.86. The monoisotopic (exact) mass is 526 g/mol. The lowest BCUT2D eigenvalue weighted by Gasteiger charge is -2.19. The van der Waals surface area contributed by atoms with Crippen LogP contribution in [0.2, 0.25) is 0 Å². The van der Waals surface area contributed by atoms with Crippen molar-refractivity contribution in [3.8, 4) is 28.8 Å². The molecule has 1 aromatic heterocycles. The largest absolute Gasteiger partial charge is 0.494 e. The van der Waals surface area contributed by atoms with Crippen molar-refractivity contribution in [1.82, 2.24) is 15.2 Å². The normalized spacial score (nSPS) is 11.4. The Balaban J connectivity index is 1.47. The molecule has 0 saturated heterocycles. The van der Waals surface area contributed by atoms with Gasteiger partial charge in [0.15, 0.2) is 6.61 Å². The second-order valence-electron chi connectivity index (χ2n) is 9.91. The zero-order valence-corrected chi connectivity index (χ0v) is 23.0. The van der Waals surface area contributed by atoms with E-state index in [-0.39, 0.29) is 17.9 Å². The Morgan fingerprint density at radius 1 is 0.923 bits per heavy atom. The minimum Gasteiger partial charge on any atom is -0.494 e. The highest BCUT2D eigenvalue weighted by Gasteiger charge is 2.18. The van der Waals surface area contributed by atoms with E-state index in [1.165, 1.54) is 11.8 Å². The van der Waals surface area contributed by atoms with Crippen molar-refractivity contribution in [2.75, 3.05) is 13.2 Å². The minimum atomic E-state index is -0.381. The van der Waals surface area contributed by atoms with Crippen LogP contribution in [0.25, 0.3) is 5.69 Å². The Bertz CT molecular complexity index is 1400. The summed E-state index contributed by atoms with van der Waals surface area (Å²) in [4.78, 5) is 12.4. The molecule has 0 saturated carbocycles. The van der Waals surface area contributed by atoms with Gasteiger partial charge < -0.3 is 14.2 Å². The highest BCUT2D eigenvalue weighted by atomic mass is 16.5. The molecule has 0 aliphatic rings. The molecule has 3 aromatic carbocycles. The molecule has 8 heteroatoms. The van der Waals surface area contributed by atoms with Crippen LogP contribution in [0.1, 0.15) is 44.5 Å². The van der Waals surface area contributed by atoms with Crippen molar-refractivity contribution in [3.05, 3.63) is 95.7 Å². The molecule has 4 aromatic rings. The first-order valence-electron chi connectivity index (χ1n) is 12.9. The molecule has 39 heavy (non-hydrogen) atoms. The summed E-state index contributed by atoms with van der Waals surface area (Å²) in [5.74, 6) is 2.08. The number of ether oxygens (including phenoxy) is 3. The lowest BCUT2D eigenvalue weighted by atomic mass is 9.87. The molecule has 1 N–H and O–H groups in total. The Morgan fingerprint density at radius 3 is 2.18 bits per heavy atom. The maximum atomic E-state index is 12.4. The predicted octanol–water partition coefficient (Wildman–Crippen LogP) is 6.20. The fourth-order valence-corrected chi connectivity index (χ4v) is 3.79. The zero-order valence-electron chi connectivity index (χ0n) is 23.0. The third-order valence-corrected chi connectivity index (χ3v) is 5.89. The number of aromatic nitrogens is 2. The number of benzene rings is 3. The van der Waals surface area contributed by atoms with Crippen molar-refractivity contribution in [2.24, 2.45) is 5.10 Å². The van der Waals surface area contributed by atoms with E-state index >= 15 is 0 Å². The average molecular weight is 527 g/mol. The van der Waals surface area contributed by atoms with Gasteiger partial charge in [-0.15, -0.1) is 0 Å². The molecule has 0 unspecified atom stereocenters. The summed E-state index contributed by atoms with van der Waals surface area (Å²) in [5.41, 5.74) is 5.91. The molecule has 202 valence electrons. The van der Waals surface area contributed by atoms with E-state index in [0.717, 1.165) is 11.4 Å². The van der Waals surface area contributed by atoms with E-state index in [2.05, 4.69) is 36.4 Å². The fourth-order valence-electron chi connectivity index (χ4n) is 3.79. The summed E-state index contributed by atoms with van der Waals surface area (Å²) in [7, 11) is 0. The molecule has 4 rings (SSSR count). The molecular formula is C31H34N4O4. The summed E-state index contributed by atoms with van der Waals surface area (Å²) >= 11 is 0. The summed E-state index contributed by atoms with van der Waals surface area (Å²) in [6.07, 6.45) is 1.53. The van der Waals surface area contributed by atoms with Crippen LogP contribution in [0.3, 0.4) is 0 Å². The number of carbonyl (C=O) groups is 1. The number of hydrazone groups is 1. The average Bonchev–Trinajstić information content (AvgIpc) is 3.23. The second kappa shape index (κ2) is 12.3. The van der Waals surface area contributed by atoms with Gasteiger partial charge in [0.1, 0.15) is 17.2 Å². The SMILES string of the molecule is CCOc1ccc(Oc2c(/C=N/NC(=O)COc3ccc(C(C)(C)C)cc3)c(C)nn2-c2ccccc2)cc1. The summed E-state index contributed by atoms with van der Waals surface area (Å²) in [6.45, 7) is 10.7. The molecule has 0 bridgehead atoms. The van der Waals surface area contributed by atoms with Crippen LogP contribution in [0, 0.1) is 6.92 Å². The van der Waals surface area contributed by atoms with Crippen molar-refractivity contribution < 1.29 is 19.0 Å². The van der Waals surface area contributed by atoms with Crippen molar-refractivity contribution in [3.63, 3.8) is 0 Å². The minimum absolute atomic E-state index is 0.0482. The summed E-state index contributed by atoms with van der Waals surface area (Å²) in [6, 6.07) is 24.8. The summed E-state index contributed by atoms with van der Waals surface area (Å²) in [5, 5.41) is 8.81. The van der Waals surface area contributed by atoms with Crippen LogP contribution in [0.15, 0.2) is 84.0 Å². The fraction of sp³-hybridized carbons (Fsp3) is 0.258. The molecule has 0 radical (unpaired) electrons. The molecule has 0 spiro atoms. The Kier molecular flexibility index (Phi) is 8.66. The first-order chi connectivity index (χ1) is 18.7. The number of aryl methyl sites for hydroxylation is 1. The molecule has 0 aliphatic carbocycles. The van der Waals surface area contributed by atoms with Gasteiger partial charge in [0, 0.05) is 0 Å². The zero-order chi connectivity index (χ0) is 27.8. The molecule has 0 fully saturated rings. The highest BCUT2D eigenvalue weighted by Crippen LogP contribution is 2.30. The third kappa shape index (κ3) is 7.25. The Labute approximate surface area is 229 Å². The molecule has 1 amide bonds. The lowest BCUT2D eigenvalue weighted by molar-refractivity contribution is -0.123. The lowest BCUT2D eigenvalue weighted by Crippen LogP contribution is -2.24. The number of amides is 1. The first-order valence-corrected chi connectivity index (χ1v) is 12.9. The summed E-state index contributed by atoms with van der Waals surface area (Å²) < 4.78 is 19.1. The molecule has 0 atom stereocenters. The van der Waals surface area contributed by atoms with Crippen LogP contribution in [-0.2, 0) is 10.2 Å². The van der Waals surface area contributed by atoms with E-state index in [1.807, 2.05) is 92.7 Å². The van der Waals surface area contributed by atoms with Crippen LogP contribution in [0.5, 0.6) is 23.1 Å². The molecule has 0 aliphatic heterocycles. The Hall–Kier alpha value is -4.59. The number of hydrogen-bond donors (Lipinski definition) is 1. The van der Waals surface area contributed by atoms with E-state index in [1.54, 1.807) is 4.68 Å². The van der Waals surface area contributed by atoms with Crippen molar-refractivity contribution >= 4 is 12.1 Å². The van der Waals surface area contributed by atoms with Gasteiger partial charge in [-0.3, -0.25) is 4.79 Å². The van der Waals surface area contributed by atoms with E-state index in [0.29, 0.717) is 35.2 Å². The van der Waals surface area contributed by atoms with Gasteiger partial charge in [-0.1, -0.05) is 51.1 Å². The van der Waals surface area contributed by atoms with Crippen molar-refractivity contribution in [1.29, 1.82) is 0 Å². The number of nitrogens with one attached hydrogen (secondary N) is 1. The van der Waals surface area contributed by atoms with E-state index < -0.39 is 0 Å². The van der Waals surface area contributed by atoms with Gasteiger partial charge in [0.2, 0.25) is 5.88 Å². The van der Waals surface area contributed by atoms with Crippen molar-refractivity contribution in [2.45, 2.75) is 40.0 Å². The van der Waals surface area contributed by atoms with Gasteiger partial charge >= 0.3 is 0 Å². The number of rotatable bonds is 10. The van der Waals surface area contributed by atoms with Gasteiger partial charge in [0.05, 0.1) is 29.8 Å². The smallest absolute Gasteiger partial charge is 0.277 e. The maximum Gasteiger partial charge on any atom is 0.277 e. The second-order valence-corrected chi connectivity index (χ2v) is 9.91. The molecule has 8 nitrogen and oxygen atoms in total. The molecular weight excluding hydrogens is 492 g/mol. The predicted molar refractivity (Wildman–Crippen MR) is 152 cm³/mol. The molecule has 1 heterocycles. The van der Waals surface area contributed by atoms with E-state index in [9.17, 15) is 4.79 Å². The number of para-hydroxylation sites is 1. The van der Waals surface area contributed by atoms with Gasteiger partial charge in [-0.2, -0.15) is 14.9 Å². The number of carbonyl (C=O) groups excluding carboxylic acids is 1. The van der Waals surface area contributed by atoms with Crippen LogP contribution in [-0.4, -0.2) is 35.1 Å². The quantitative estimate of drug-likeness (QED) is 0.196. The van der Waals surface area contributed by atoms with E-state index in [4.69, 9.17) is 14.2 Å². The Morgan fingerprint density at radius 2 is 1.54 bits per heavy atom. The first kappa shape index (κ1) is 27.4. The van der Waals surface area contributed by atoms with Crippen LogP contribution in [0.4, 0.5) is 0 Å². The van der Waals surface area contributed by atoms with Crippen LogP contribution >= 0.6 is 0 Å². The van der Waals surface area contributed by atoms with Gasteiger partial charge in [0.25, 0.3) is 5.91 Å². The topological polar surface area (TPSA) is 87.0 Å². The maximum absolute atomic E-state index is 12.4. The van der Waals surface area contributed by atoms with Gasteiger partial charge in [-0.25, -0.2) is 5.43 Å². The standard InChI is InChI=1S/C31H34N4O4/c1-6-37-25-16-18-27(19-17-25)39-30-28(22(2)34-35(30)24-10-8-7-9-11-24)20-32-33-29(36)21-38-26-14-12-23(13-15-26)31(3,4)5/h7-20H,6,21H2,1-5H3,(H,33,36)/b32-20+. The number of hydrogen-bond acceptors (Lipinski definition) is 6. The van der Waals surface area contributed by atoms with Gasteiger partial charge in [-0.05, 0) is 73.4 Å².